The van der Waals surface area contributed by atoms with Crippen molar-refractivity contribution in [1.82, 2.24) is 9.34 Å². The van der Waals surface area contributed by atoms with Gasteiger partial charge in [-0.15, -0.1) is 0 Å². The number of hydrogen-bond acceptors (Lipinski definition) is 3. The zero-order valence-corrected chi connectivity index (χ0v) is 13.9. The number of rotatable bonds is 4. The van der Waals surface area contributed by atoms with Crippen LogP contribution in [0.1, 0.15) is 5.56 Å². The predicted octanol–water partition coefficient (Wildman–Crippen LogP) is 3.46. The minimum Gasteiger partial charge on any atom is -0.504 e. The van der Waals surface area contributed by atoms with E-state index in [1.807, 2.05) is 31.2 Å². The second-order valence-corrected chi connectivity index (χ2v) is 8.13. The molecule has 2 aromatic carbocycles. The van der Waals surface area contributed by atoms with Gasteiger partial charge in [-0.25, -0.2) is 13.9 Å². The third kappa shape index (κ3) is 2.77. The Labute approximate surface area is 125 Å². The van der Waals surface area contributed by atoms with Gasteiger partial charge in [0.2, 0.25) is 0 Å². The van der Waals surface area contributed by atoms with Crippen LogP contribution in [0.5, 0.6) is 11.5 Å². The SMILES string of the molecule is Cc1cc(OP(=O)(N(C)C)N(C)C)c(O)c2ccccc12. The van der Waals surface area contributed by atoms with Crippen LogP contribution in [-0.4, -0.2) is 42.6 Å². The van der Waals surface area contributed by atoms with Gasteiger partial charge in [-0.1, -0.05) is 24.3 Å². The molecule has 0 heterocycles. The minimum atomic E-state index is -3.20. The highest BCUT2D eigenvalue weighted by molar-refractivity contribution is 7.54. The van der Waals surface area contributed by atoms with Gasteiger partial charge >= 0.3 is 7.67 Å². The molecule has 0 atom stereocenters. The highest BCUT2D eigenvalue weighted by Gasteiger charge is 2.32. The van der Waals surface area contributed by atoms with Crippen molar-refractivity contribution in [3.8, 4) is 11.5 Å². The number of aryl methyl sites for hydroxylation is 1. The van der Waals surface area contributed by atoms with Crippen molar-refractivity contribution < 1.29 is 14.2 Å². The Morgan fingerprint density at radius 2 is 1.57 bits per heavy atom. The molecule has 0 aliphatic carbocycles. The summed E-state index contributed by atoms with van der Waals surface area (Å²) in [6, 6.07) is 9.24. The number of aromatic hydroxyl groups is 1. The van der Waals surface area contributed by atoms with E-state index in [1.165, 1.54) is 9.34 Å². The van der Waals surface area contributed by atoms with E-state index in [0.29, 0.717) is 5.39 Å². The number of phenolic OH excluding ortho intramolecular Hbond substituents is 1. The number of phenols is 1. The molecule has 0 aromatic heterocycles. The van der Waals surface area contributed by atoms with Crippen molar-refractivity contribution in [1.29, 1.82) is 0 Å². The van der Waals surface area contributed by atoms with E-state index >= 15 is 0 Å². The molecule has 114 valence electrons. The summed E-state index contributed by atoms with van der Waals surface area (Å²) in [7, 11) is 3.54. The van der Waals surface area contributed by atoms with Crippen LogP contribution in [0.3, 0.4) is 0 Å². The molecule has 0 aliphatic heterocycles. The lowest BCUT2D eigenvalue weighted by molar-refractivity contribution is 0.344. The number of nitrogens with zero attached hydrogens (tertiary/aromatic N) is 2. The monoisotopic (exact) mass is 308 g/mol. The maximum absolute atomic E-state index is 12.9. The molecule has 0 saturated carbocycles. The maximum Gasteiger partial charge on any atom is 0.394 e. The van der Waals surface area contributed by atoms with Crippen molar-refractivity contribution in [2.45, 2.75) is 6.92 Å². The molecular formula is C15H21N2O3P. The smallest absolute Gasteiger partial charge is 0.394 e. The Morgan fingerprint density at radius 1 is 1.05 bits per heavy atom. The number of hydrogen-bond donors (Lipinski definition) is 1. The van der Waals surface area contributed by atoms with Gasteiger partial charge in [0.15, 0.2) is 11.5 Å². The third-order valence-electron chi connectivity index (χ3n) is 3.42. The lowest BCUT2D eigenvalue weighted by Crippen LogP contribution is -2.24. The normalized spacial score (nSPS) is 12.3. The van der Waals surface area contributed by atoms with Crippen molar-refractivity contribution in [2.75, 3.05) is 28.2 Å². The molecule has 0 amide bonds. The van der Waals surface area contributed by atoms with Crippen LogP contribution in [-0.2, 0) is 4.57 Å². The fraction of sp³-hybridized carbons (Fsp3) is 0.333. The van der Waals surface area contributed by atoms with Gasteiger partial charge in [0, 0.05) is 5.39 Å². The number of benzene rings is 2. The number of fused-ring (bicyclic) bond motifs is 1. The minimum absolute atomic E-state index is 0.0140. The van der Waals surface area contributed by atoms with Gasteiger partial charge in [-0.3, -0.25) is 0 Å². The molecule has 2 aromatic rings. The molecule has 1 N–H and O–H groups in total. The quantitative estimate of drug-likeness (QED) is 0.877. The first-order valence-electron chi connectivity index (χ1n) is 6.64. The third-order valence-corrected chi connectivity index (χ3v) is 5.87. The first-order valence-corrected chi connectivity index (χ1v) is 8.17. The van der Waals surface area contributed by atoms with Gasteiger partial charge in [0.25, 0.3) is 0 Å². The molecule has 0 spiro atoms. The average Bonchev–Trinajstić information content (AvgIpc) is 2.44. The van der Waals surface area contributed by atoms with Crippen LogP contribution >= 0.6 is 7.67 Å². The Morgan fingerprint density at radius 3 is 2.10 bits per heavy atom. The fourth-order valence-corrected chi connectivity index (χ4v) is 3.67. The second-order valence-electron chi connectivity index (χ2n) is 5.36. The standard InChI is InChI=1S/C15H21N2O3P/c1-11-10-14(20-21(19,16(2)3)17(4)5)15(18)13-9-7-6-8-12(11)13/h6-10,18H,1-5H3. The molecule has 6 heteroatoms. The van der Waals surface area contributed by atoms with E-state index in [4.69, 9.17) is 4.52 Å². The van der Waals surface area contributed by atoms with E-state index in [1.54, 1.807) is 34.3 Å². The van der Waals surface area contributed by atoms with E-state index in [-0.39, 0.29) is 11.5 Å². The Balaban J connectivity index is 2.58. The lowest BCUT2D eigenvalue weighted by Gasteiger charge is -2.30. The summed E-state index contributed by atoms with van der Waals surface area (Å²) in [5.74, 6) is 0.247. The Kier molecular flexibility index (Phi) is 4.28. The largest absolute Gasteiger partial charge is 0.504 e. The van der Waals surface area contributed by atoms with E-state index in [0.717, 1.165) is 10.9 Å². The first-order chi connectivity index (χ1) is 9.77. The summed E-state index contributed by atoms with van der Waals surface area (Å²) in [5.41, 5.74) is 0.961. The van der Waals surface area contributed by atoms with Crippen LogP contribution in [0.4, 0.5) is 0 Å². The Hall–Kier alpha value is -1.55. The maximum atomic E-state index is 12.9. The zero-order valence-electron chi connectivity index (χ0n) is 13.0. The summed E-state index contributed by atoms with van der Waals surface area (Å²) >= 11 is 0. The predicted molar refractivity (Wildman–Crippen MR) is 86.0 cm³/mol. The molecule has 21 heavy (non-hydrogen) atoms. The van der Waals surface area contributed by atoms with Gasteiger partial charge in [-0.2, -0.15) is 0 Å². The molecule has 0 fully saturated rings. The van der Waals surface area contributed by atoms with Crippen LogP contribution in [0.25, 0.3) is 10.8 Å². The van der Waals surface area contributed by atoms with Crippen molar-refractivity contribution in [3.63, 3.8) is 0 Å². The van der Waals surface area contributed by atoms with Gasteiger partial charge in [-0.05, 0) is 52.1 Å². The van der Waals surface area contributed by atoms with Crippen LogP contribution < -0.4 is 4.52 Å². The van der Waals surface area contributed by atoms with Crippen molar-refractivity contribution in [2.24, 2.45) is 0 Å². The lowest BCUT2D eigenvalue weighted by atomic mass is 10.0. The summed E-state index contributed by atoms with van der Waals surface area (Å²) in [6.45, 7) is 1.94. The average molecular weight is 308 g/mol. The molecule has 0 unspecified atom stereocenters. The van der Waals surface area contributed by atoms with Crippen LogP contribution in [0, 0.1) is 6.92 Å². The van der Waals surface area contributed by atoms with Gasteiger partial charge < -0.3 is 9.63 Å². The van der Waals surface area contributed by atoms with E-state index in [9.17, 15) is 9.67 Å². The highest BCUT2D eigenvalue weighted by Crippen LogP contribution is 2.53. The van der Waals surface area contributed by atoms with Crippen LogP contribution in [0.2, 0.25) is 0 Å². The summed E-state index contributed by atoms with van der Waals surface area (Å²) in [6.07, 6.45) is 0. The molecule has 0 aliphatic rings. The van der Waals surface area contributed by atoms with Crippen molar-refractivity contribution in [3.05, 3.63) is 35.9 Å². The summed E-state index contributed by atoms with van der Waals surface area (Å²) < 4.78 is 21.7. The molecule has 0 bridgehead atoms. The van der Waals surface area contributed by atoms with Gasteiger partial charge in [0.05, 0.1) is 0 Å². The zero-order chi connectivity index (χ0) is 15.8. The van der Waals surface area contributed by atoms with Gasteiger partial charge in [0.1, 0.15) is 0 Å². The van der Waals surface area contributed by atoms with Crippen LogP contribution in [0.15, 0.2) is 30.3 Å². The summed E-state index contributed by atoms with van der Waals surface area (Å²) in [5, 5.41) is 12.1. The molecule has 2 rings (SSSR count). The topological polar surface area (TPSA) is 53.0 Å². The molecular weight excluding hydrogens is 287 g/mol. The fourth-order valence-electron chi connectivity index (χ4n) is 2.23. The highest BCUT2D eigenvalue weighted by atomic mass is 31.2. The molecule has 5 nitrogen and oxygen atoms in total. The molecule has 0 saturated heterocycles. The summed E-state index contributed by atoms with van der Waals surface area (Å²) in [4.78, 5) is 0. The van der Waals surface area contributed by atoms with E-state index < -0.39 is 7.67 Å². The van der Waals surface area contributed by atoms with E-state index in [2.05, 4.69) is 0 Å². The second kappa shape index (κ2) is 5.68. The Bertz CT molecular complexity index is 701. The first kappa shape index (κ1) is 15.8. The molecule has 0 radical (unpaired) electrons. The van der Waals surface area contributed by atoms with Crippen molar-refractivity contribution >= 4 is 18.4 Å².